The number of hydrogen-bond donors (Lipinski definition) is 1. The van der Waals surface area contributed by atoms with Crippen molar-refractivity contribution in [2.45, 2.75) is 44.9 Å². The molecule has 1 aromatic heterocycles. The fourth-order valence-electron chi connectivity index (χ4n) is 4.16. The predicted molar refractivity (Wildman–Crippen MR) is 104 cm³/mol. The summed E-state index contributed by atoms with van der Waals surface area (Å²) < 4.78 is 0. The Labute approximate surface area is 162 Å². The first-order chi connectivity index (χ1) is 12.5. The Kier molecular flexibility index (Phi) is 4.61. The van der Waals surface area contributed by atoms with Crippen molar-refractivity contribution < 1.29 is 9.59 Å². The minimum Gasteiger partial charge on any atom is -0.354 e. The summed E-state index contributed by atoms with van der Waals surface area (Å²) in [5.41, 5.74) is 1.17. The van der Waals surface area contributed by atoms with Crippen molar-refractivity contribution in [3.05, 3.63) is 39.9 Å². The molecule has 6 heteroatoms. The third kappa shape index (κ3) is 2.97. The number of carbonyl (C=O) groups is 2. The van der Waals surface area contributed by atoms with Gasteiger partial charge >= 0.3 is 0 Å². The number of amides is 1. The quantitative estimate of drug-likeness (QED) is 0.770. The average molecular weight is 389 g/mol. The van der Waals surface area contributed by atoms with Gasteiger partial charge in [0.1, 0.15) is 10.9 Å². The van der Waals surface area contributed by atoms with Crippen LogP contribution in [-0.4, -0.2) is 23.2 Å². The van der Waals surface area contributed by atoms with Crippen LogP contribution in [0.1, 0.15) is 48.6 Å². The molecule has 1 saturated heterocycles. The van der Waals surface area contributed by atoms with Crippen LogP contribution in [0.2, 0.25) is 5.02 Å². The van der Waals surface area contributed by atoms with E-state index in [2.05, 4.69) is 5.32 Å². The molecule has 1 aliphatic carbocycles. The Morgan fingerprint density at radius 2 is 1.85 bits per heavy atom. The highest BCUT2D eigenvalue weighted by Crippen LogP contribution is 2.44. The number of aryl methyl sites for hydroxylation is 1. The molecule has 1 atom stereocenters. The largest absolute Gasteiger partial charge is 0.354 e. The molecule has 1 spiro atoms. The van der Waals surface area contributed by atoms with E-state index in [4.69, 9.17) is 16.6 Å². The summed E-state index contributed by atoms with van der Waals surface area (Å²) in [5, 5.41) is 4.48. The van der Waals surface area contributed by atoms with E-state index in [1.807, 2.05) is 31.2 Å². The van der Waals surface area contributed by atoms with Gasteiger partial charge in [-0.25, -0.2) is 4.98 Å². The third-order valence-electron chi connectivity index (χ3n) is 5.66. The van der Waals surface area contributed by atoms with Crippen LogP contribution in [0, 0.1) is 12.3 Å². The minimum absolute atomic E-state index is 0.0667. The fourth-order valence-corrected chi connectivity index (χ4v) is 5.24. The van der Waals surface area contributed by atoms with Gasteiger partial charge in [-0.2, -0.15) is 0 Å². The molecular weight excluding hydrogens is 368 g/mol. The molecule has 1 amide bonds. The van der Waals surface area contributed by atoms with E-state index >= 15 is 0 Å². The highest BCUT2D eigenvalue weighted by Gasteiger charge is 2.50. The lowest BCUT2D eigenvalue weighted by molar-refractivity contribution is -0.142. The van der Waals surface area contributed by atoms with Crippen molar-refractivity contribution in [3.63, 3.8) is 0 Å². The van der Waals surface area contributed by atoms with Crippen molar-refractivity contribution in [3.8, 4) is 10.6 Å². The van der Waals surface area contributed by atoms with E-state index < -0.39 is 11.3 Å². The van der Waals surface area contributed by atoms with Gasteiger partial charge in [0.2, 0.25) is 5.91 Å². The van der Waals surface area contributed by atoms with Gasteiger partial charge in [0.25, 0.3) is 0 Å². The molecule has 1 aliphatic heterocycles. The second kappa shape index (κ2) is 6.78. The predicted octanol–water partition coefficient (Wildman–Crippen LogP) is 4.50. The maximum atomic E-state index is 13.3. The lowest BCUT2D eigenvalue weighted by atomic mass is 9.65. The van der Waals surface area contributed by atoms with E-state index in [0.29, 0.717) is 17.3 Å². The van der Waals surface area contributed by atoms with Gasteiger partial charge in [0.05, 0.1) is 5.69 Å². The number of ketones is 1. The van der Waals surface area contributed by atoms with Gasteiger partial charge in [-0.3, -0.25) is 9.59 Å². The third-order valence-corrected chi connectivity index (χ3v) is 6.94. The van der Waals surface area contributed by atoms with Gasteiger partial charge in [0.15, 0.2) is 5.78 Å². The van der Waals surface area contributed by atoms with Crippen LogP contribution >= 0.6 is 22.9 Å². The normalized spacial score (nSPS) is 22.5. The maximum absolute atomic E-state index is 13.3. The van der Waals surface area contributed by atoms with Gasteiger partial charge in [-0.15, -0.1) is 11.3 Å². The van der Waals surface area contributed by atoms with Crippen molar-refractivity contribution >= 4 is 34.6 Å². The van der Waals surface area contributed by atoms with Crippen LogP contribution in [0.5, 0.6) is 0 Å². The van der Waals surface area contributed by atoms with Crippen LogP contribution in [0.4, 0.5) is 0 Å². The Morgan fingerprint density at radius 1 is 1.15 bits per heavy atom. The van der Waals surface area contributed by atoms with Crippen molar-refractivity contribution in [2.24, 2.45) is 5.41 Å². The number of piperidine rings is 1. The Bertz CT molecular complexity index is 853. The molecule has 2 heterocycles. The van der Waals surface area contributed by atoms with Crippen molar-refractivity contribution in [1.29, 1.82) is 0 Å². The summed E-state index contributed by atoms with van der Waals surface area (Å²) in [6.07, 6.45) is 5.02. The lowest BCUT2D eigenvalue weighted by Gasteiger charge is -2.41. The molecule has 26 heavy (non-hydrogen) atoms. The zero-order valence-corrected chi connectivity index (χ0v) is 16.3. The first kappa shape index (κ1) is 17.7. The molecule has 4 rings (SSSR count). The summed E-state index contributed by atoms with van der Waals surface area (Å²) in [4.78, 5) is 31.6. The highest BCUT2D eigenvalue weighted by atomic mass is 35.5. The number of benzene rings is 1. The molecule has 0 radical (unpaired) electrons. The second-order valence-corrected chi connectivity index (χ2v) is 8.96. The molecule has 136 valence electrons. The average Bonchev–Trinajstić information content (AvgIpc) is 3.02. The van der Waals surface area contributed by atoms with E-state index in [1.165, 1.54) is 17.8 Å². The van der Waals surface area contributed by atoms with Crippen LogP contribution in [-0.2, 0) is 9.59 Å². The highest BCUT2D eigenvalue weighted by molar-refractivity contribution is 7.15. The number of rotatable bonds is 2. The van der Waals surface area contributed by atoms with E-state index in [1.54, 1.807) is 0 Å². The zero-order valence-electron chi connectivity index (χ0n) is 14.7. The van der Waals surface area contributed by atoms with Crippen LogP contribution < -0.4 is 5.32 Å². The van der Waals surface area contributed by atoms with Gasteiger partial charge in [-0.1, -0.05) is 43.0 Å². The number of aromatic nitrogens is 1. The number of thiazole rings is 1. The maximum Gasteiger partial charge on any atom is 0.236 e. The molecule has 1 saturated carbocycles. The Hall–Kier alpha value is -1.72. The topological polar surface area (TPSA) is 59.1 Å². The Morgan fingerprint density at radius 3 is 2.54 bits per heavy atom. The molecule has 4 nitrogen and oxygen atoms in total. The summed E-state index contributed by atoms with van der Waals surface area (Å²) in [7, 11) is 0. The zero-order chi connectivity index (χ0) is 18.3. The molecule has 2 aromatic rings. The fraction of sp³-hybridized carbons (Fsp3) is 0.450. The molecular formula is C20H21ClN2O2S. The van der Waals surface area contributed by atoms with Crippen molar-refractivity contribution in [1.82, 2.24) is 10.3 Å². The summed E-state index contributed by atoms with van der Waals surface area (Å²) >= 11 is 7.48. The number of nitrogens with zero attached hydrogens (tertiary/aromatic N) is 1. The smallest absolute Gasteiger partial charge is 0.236 e. The molecule has 1 aromatic carbocycles. The number of carbonyl (C=O) groups excluding carboxylic acids is 2. The number of halogens is 1. The molecule has 1 unspecified atom stereocenters. The van der Waals surface area contributed by atoms with Crippen molar-refractivity contribution in [2.75, 3.05) is 6.54 Å². The second-order valence-electron chi connectivity index (χ2n) is 7.32. The molecule has 1 N–H and O–H groups in total. The first-order valence-corrected chi connectivity index (χ1v) is 10.2. The van der Waals surface area contributed by atoms with Gasteiger partial charge in [0, 0.05) is 27.4 Å². The minimum atomic E-state index is -0.779. The number of hydrogen-bond acceptors (Lipinski definition) is 4. The summed E-state index contributed by atoms with van der Waals surface area (Å²) in [6, 6.07) is 7.47. The number of nitrogens with one attached hydrogen (secondary N) is 1. The van der Waals surface area contributed by atoms with E-state index in [0.717, 1.165) is 41.1 Å². The van der Waals surface area contributed by atoms with Crippen LogP contribution in [0.3, 0.4) is 0 Å². The van der Waals surface area contributed by atoms with Crippen LogP contribution in [0.25, 0.3) is 10.6 Å². The lowest BCUT2D eigenvalue weighted by Crippen LogP contribution is -2.55. The van der Waals surface area contributed by atoms with E-state index in [9.17, 15) is 9.59 Å². The van der Waals surface area contributed by atoms with Gasteiger partial charge < -0.3 is 5.32 Å². The standard InChI is InChI=1S/C20H21ClN2O2S/c1-12-16(23-19(26-12)13-5-7-14(21)8-6-13)15-17(24)20(11-22-18(15)25)9-3-2-4-10-20/h5-8,15H,2-4,9-11H2,1H3,(H,22,25). The molecule has 2 fully saturated rings. The first-order valence-electron chi connectivity index (χ1n) is 9.05. The van der Waals surface area contributed by atoms with Crippen LogP contribution in [0.15, 0.2) is 24.3 Å². The summed E-state index contributed by atoms with van der Waals surface area (Å²) in [5.74, 6) is -0.918. The molecule has 0 bridgehead atoms. The Balaban J connectivity index is 1.70. The monoisotopic (exact) mass is 388 g/mol. The SMILES string of the molecule is Cc1sc(-c2ccc(Cl)cc2)nc1C1C(=O)NCC2(CCCCC2)C1=O. The summed E-state index contributed by atoms with van der Waals surface area (Å²) in [6.45, 7) is 2.42. The molecule has 2 aliphatic rings. The van der Waals surface area contributed by atoms with Gasteiger partial charge in [-0.05, 0) is 31.9 Å². The van der Waals surface area contributed by atoms with E-state index in [-0.39, 0.29) is 11.7 Å². The number of Topliss-reactive ketones (excluding diaryl/α,β-unsaturated/α-hetero) is 1.